The lowest BCUT2D eigenvalue weighted by molar-refractivity contribution is 0.194. The number of benzene rings is 1. The van der Waals surface area contributed by atoms with E-state index in [1.54, 1.807) is 6.07 Å². The highest BCUT2D eigenvalue weighted by molar-refractivity contribution is 7.88. The van der Waals surface area contributed by atoms with Crippen molar-refractivity contribution < 1.29 is 8.42 Å². The Balaban J connectivity index is 1.97. The molecule has 0 saturated carbocycles. The van der Waals surface area contributed by atoms with Crippen molar-refractivity contribution in [2.75, 3.05) is 19.3 Å². The summed E-state index contributed by atoms with van der Waals surface area (Å²) in [5.74, 6) is 0. The third kappa shape index (κ3) is 4.60. The van der Waals surface area contributed by atoms with Crippen molar-refractivity contribution in [1.82, 2.24) is 9.62 Å². The molecule has 5 nitrogen and oxygen atoms in total. The number of nitrogens with one attached hydrogen (secondary N) is 1. The van der Waals surface area contributed by atoms with Crippen LogP contribution < -0.4 is 4.72 Å². The lowest BCUT2D eigenvalue weighted by Crippen LogP contribution is -2.46. The van der Waals surface area contributed by atoms with Gasteiger partial charge in [-0.15, -0.1) is 0 Å². The van der Waals surface area contributed by atoms with E-state index in [9.17, 15) is 8.42 Å². The monoisotopic (exact) mass is 293 g/mol. The van der Waals surface area contributed by atoms with Crippen molar-refractivity contribution in [2.45, 2.75) is 25.4 Å². The van der Waals surface area contributed by atoms with E-state index in [2.05, 4.69) is 15.7 Å². The summed E-state index contributed by atoms with van der Waals surface area (Å²) in [6.45, 7) is 2.42. The van der Waals surface area contributed by atoms with Crippen LogP contribution in [0.25, 0.3) is 0 Å². The molecule has 1 saturated heterocycles. The lowest BCUT2D eigenvalue weighted by Gasteiger charge is -2.32. The van der Waals surface area contributed by atoms with E-state index in [4.69, 9.17) is 5.26 Å². The largest absolute Gasteiger partial charge is 0.298 e. The molecule has 0 bridgehead atoms. The quantitative estimate of drug-likeness (QED) is 0.901. The van der Waals surface area contributed by atoms with Gasteiger partial charge < -0.3 is 0 Å². The Morgan fingerprint density at radius 1 is 1.50 bits per heavy atom. The van der Waals surface area contributed by atoms with Gasteiger partial charge >= 0.3 is 0 Å². The van der Waals surface area contributed by atoms with Gasteiger partial charge in [0, 0.05) is 19.1 Å². The summed E-state index contributed by atoms with van der Waals surface area (Å²) in [6.07, 6.45) is 3.05. The number of sulfonamides is 1. The zero-order chi connectivity index (χ0) is 14.6. The van der Waals surface area contributed by atoms with Crippen molar-refractivity contribution in [3.05, 3.63) is 35.4 Å². The molecule has 1 aromatic carbocycles. The minimum Gasteiger partial charge on any atom is -0.298 e. The van der Waals surface area contributed by atoms with E-state index in [1.807, 2.05) is 18.2 Å². The number of piperidine rings is 1. The van der Waals surface area contributed by atoms with Crippen molar-refractivity contribution in [2.24, 2.45) is 0 Å². The highest BCUT2D eigenvalue weighted by Gasteiger charge is 2.22. The van der Waals surface area contributed by atoms with Gasteiger partial charge in [0.1, 0.15) is 0 Å². The summed E-state index contributed by atoms with van der Waals surface area (Å²) in [6, 6.07) is 9.66. The Bertz CT molecular complexity index is 607. The number of hydrogen-bond donors (Lipinski definition) is 1. The molecule has 1 aliphatic rings. The molecule has 1 atom stereocenters. The van der Waals surface area contributed by atoms with Crippen molar-refractivity contribution in [3.8, 4) is 6.07 Å². The zero-order valence-electron chi connectivity index (χ0n) is 11.5. The molecule has 1 aliphatic heterocycles. The third-order valence-corrected chi connectivity index (χ3v) is 4.11. The van der Waals surface area contributed by atoms with Crippen molar-refractivity contribution in [3.63, 3.8) is 0 Å². The first kappa shape index (κ1) is 15.0. The highest BCUT2D eigenvalue weighted by atomic mass is 32.2. The predicted octanol–water partition coefficient (Wildman–Crippen LogP) is 1.07. The van der Waals surface area contributed by atoms with Crippen LogP contribution in [0.4, 0.5) is 0 Å². The molecule has 0 amide bonds. The van der Waals surface area contributed by atoms with Crippen LogP contribution in [0.3, 0.4) is 0 Å². The molecule has 0 aromatic heterocycles. The lowest BCUT2D eigenvalue weighted by atomic mass is 10.1. The summed E-state index contributed by atoms with van der Waals surface area (Å²) in [4.78, 5) is 2.23. The number of hydrogen-bond acceptors (Lipinski definition) is 4. The van der Waals surface area contributed by atoms with Crippen LogP contribution in [0.5, 0.6) is 0 Å². The summed E-state index contributed by atoms with van der Waals surface area (Å²) >= 11 is 0. The van der Waals surface area contributed by atoms with Gasteiger partial charge in [0.2, 0.25) is 10.0 Å². The van der Waals surface area contributed by atoms with Gasteiger partial charge in [-0.1, -0.05) is 12.1 Å². The minimum atomic E-state index is -3.15. The molecule has 2 rings (SSSR count). The van der Waals surface area contributed by atoms with Gasteiger partial charge in [-0.2, -0.15) is 5.26 Å². The SMILES string of the molecule is CS(=O)(=O)NC1CCCN(Cc2cccc(C#N)c2)C1. The molecule has 1 N–H and O–H groups in total. The topological polar surface area (TPSA) is 73.2 Å². The Morgan fingerprint density at radius 3 is 3.00 bits per heavy atom. The fourth-order valence-electron chi connectivity index (χ4n) is 2.60. The first-order valence-electron chi connectivity index (χ1n) is 6.65. The molecule has 20 heavy (non-hydrogen) atoms. The van der Waals surface area contributed by atoms with E-state index < -0.39 is 10.0 Å². The molecular formula is C14H19N3O2S. The first-order valence-corrected chi connectivity index (χ1v) is 8.54. The molecule has 0 spiro atoms. The van der Waals surface area contributed by atoms with E-state index >= 15 is 0 Å². The molecule has 6 heteroatoms. The maximum Gasteiger partial charge on any atom is 0.208 e. The Morgan fingerprint density at radius 2 is 2.30 bits per heavy atom. The van der Waals surface area contributed by atoms with Crippen LogP contribution in [0.1, 0.15) is 24.0 Å². The molecule has 1 heterocycles. The number of nitriles is 1. The van der Waals surface area contributed by atoms with Gasteiger partial charge in [-0.25, -0.2) is 13.1 Å². The van der Waals surface area contributed by atoms with Crippen LogP contribution >= 0.6 is 0 Å². The minimum absolute atomic E-state index is 0.0158. The molecule has 0 aliphatic carbocycles. The van der Waals surface area contributed by atoms with Gasteiger partial charge in [0.15, 0.2) is 0 Å². The number of rotatable bonds is 4. The number of likely N-dealkylation sites (tertiary alicyclic amines) is 1. The van der Waals surface area contributed by atoms with Gasteiger partial charge in [-0.05, 0) is 37.1 Å². The van der Waals surface area contributed by atoms with E-state index in [0.29, 0.717) is 12.1 Å². The van der Waals surface area contributed by atoms with Crippen LogP contribution in [0, 0.1) is 11.3 Å². The second-order valence-electron chi connectivity index (χ2n) is 5.28. The maximum atomic E-state index is 11.3. The molecule has 1 aromatic rings. The van der Waals surface area contributed by atoms with Crippen LogP contribution in [-0.4, -0.2) is 38.7 Å². The molecular weight excluding hydrogens is 274 g/mol. The average molecular weight is 293 g/mol. The Hall–Kier alpha value is -1.42. The summed E-state index contributed by atoms with van der Waals surface area (Å²) in [7, 11) is -3.15. The summed E-state index contributed by atoms with van der Waals surface area (Å²) in [5, 5.41) is 8.90. The molecule has 1 fully saturated rings. The second kappa shape index (κ2) is 6.35. The summed E-state index contributed by atoms with van der Waals surface area (Å²) in [5.41, 5.74) is 1.74. The van der Waals surface area contributed by atoms with Crippen LogP contribution in [0.15, 0.2) is 24.3 Å². The zero-order valence-corrected chi connectivity index (χ0v) is 12.4. The standard InChI is InChI=1S/C14H19N3O2S/c1-20(18,19)16-14-6-3-7-17(11-14)10-13-5-2-4-12(8-13)9-15/h2,4-5,8,14,16H,3,6-7,10-11H2,1H3. The molecule has 1 unspecified atom stereocenters. The van der Waals surface area contributed by atoms with E-state index in [0.717, 1.165) is 31.5 Å². The Labute approximate surface area is 120 Å². The van der Waals surface area contributed by atoms with E-state index in [-0.39, 0.29) is 6.04 Å². The fourth-order valence-corrected chi connectivity index (χ4v) is 3.39. The Kier molecular flexibility index (Phi) is 4.76. The number of nitrogens with zero attached hydrogens (tertiary/aromatic N) is 2. The third-order valence-electron chi connectivity index (χ3n) is 3.35. The maximum absolute atomic E-state index is 11.3. The van der Waals surface area contributed by atoms with Crippen LogP contribution in [-0.2, 0) is 16.6 Å². The predicted molar refractivity (Wildman–Crippen MR) is 77.4 cm³/mol. The van der Waals surface area contributed by atoms with E-state index in [1.165, 1.54) is 6.26 Å². The average Bonchev–Trinajstić information content (AvgIpc) is 2.37. The highest BCUT2D eigenvalue weighted by Crippen LogP contribution is 2.15. The first-order chi connectivity index (χ1) is 9.46. The second-order valence-corrected chi connectivity index (χ2v) is 7.06. The molecule has 0 radical (unpaired) electrons. The summed E-state index contributed by atoms with van der Waals surface area (Å²) < 4.78 is 25.2. The fraction of sp³-hybridized carbons (Fsp3) is 0.500. The van der Waals surface area contributed by atoms with Crippen molar-refractivity contribution >= 4 is 10.0 Å². The smallest absolute Gasteiger partial charge is 0.208 e. The molecule has 108 valence electrons. The van der Waals surface area contributed by atoms with Crippen molar-refractivity contribution in [1.29, 1.82) is 5.26 Å². The normalized spacial score (nSPS) is 20.5. The van der Waals surface area contributed by atoms with Gasteiger partial charge in [0.05, 0.1) is 17.9 Å². The van der Waals surface area contributed by atoms with Gasteiger partial charge in [0.25, 0.3) is 0 Å². The van der Waals surface area contributed by atoms with Crippen LogP contribution in [0.2, 0.25) is 0 Å². The van der Waals surface area contributed by atoms with Gasteiger partial charge in [-0.3, -0.25) is 4.90 Å².